The molecule has 0 saturated carbocycles. The van der Waals surface area contributed by atoms with Gasteiger partial charge >= 0.3 is 0 Å². The van der Waals surface area contributed by atoms with Crippen molar-refractivity contribution in [2.45, 2.75) is 53.0 Å². The minimum Gasteiger partial charge on any atom is -0.512 e. The van der Waals surface area contributed by atoms with Crippen molar-refractivity contribution in [1.29, 1.82) is 0 Å². The molecule has 98 valence electrons. The maximum absolute atomic E-state index is 12.4. The molecule has 1 aromatic heterocycles. The van der Waals surface area contributed by atoms with Gasteiger partial charge in [0.05, 0.1) is 5.76 Å². The molecule has 1 aliphatic heterocycles. The van der Waals surface area contributed by atoms with Crippen molar-refractivity contribution in [3.8, 4) is 0 Å². The molecule has 0 amide bonds. The van der Waals surface area contributed by atoms with Crippen LogP contribution < -0.4 is 5.56 Å². The van der Waals surface area contributed by atoms with Gasteiger partial charge in [0.1, 0.15) is 5.82 Å². The zero-order valence-corrected chi connectivity index (χ0v) is 11.3. The Balaban J connectivity index is 2.67. The van der Waals surface area contributed by atoms with Crippen molar-refractivity contribution >= 4 is 5.57 Å². The van der Waals surface area contributed by atoms with Crippen LogP contribution in [0.4, 0.5) is 0 Å². The second-order valence-electron chi connectivity index (χ2n) is 4.87. The molecule has 0 fully saturated rings. The van der Waals surface area contributed by atoms with Crippen molar-refractivity contribution in [1.82, 2.24) is 9.55 Å². The SMILES string of the molecule is CCCc1c(C)nc2n(c1=O)CCCC2=C(C)O. The summed E-state index contributed by atoms with van der Waals surface area (Å²) in [5, 5.41) is 9.70. The third-order valence-corrected chi connectivity index (χ3v) is 3.48. The van der Waals surface area contributed by atoms with E-state index in [9.17, 15) is 9.90 Å². The molecule has 0 spiro atoms. The Morgan fingerprint density at radius 3 is 2.83 bits per heavy atom. The molecule has 4 heteroatoms. The molecule has 0 bridgehead atoms. The summed E-state index contributed by atoms with van der Waals surface area (Å²) in [6.45, 7) is 6.31. The van der Waals surface area contributed by atoms with Crippen LogP contribution in [0.15, 0.2) is 10.6 Å². The van der Waals surface area contributed by atoms with Crippen molar-refractivity contribution in [3.05, 3.63) is 33.2 Å². The minimum atomic E-state index is 0.0674. The van der Waals surface area contributed by atoms with Crippen molar-refractivity contribution in [3.63, 3.8) is 0 Å². The standard InChI is InChI=1S/C14H20N2O2/c1-4-6-11-9(2)15-13-12(10(3)17)7-5-8-16(13)14(11)18/h17H,4-8H2,1-3H3. The van der Waals surface area contributed by atoms with E-state index in [1.165, 1.54) is 0 Å². The fraction of sp³-hybridized carbons (Fsp3) is 0.571. The van der Waals surface area contributed by atoms with Gasteiger partial charge in [0, 0.05) is 23.4 Å². The summed E-state index contributed by atoms with van der Waals surface area (Å²) in [7, 11) is 0. The van der Waals surface area contributed by atoms with Gasteiger partial charge in [-0.2, -0.15) is 0 Å². The number of hydrogen-bond donors (Lipinski definition) is 1. The second kappa shape index (κ2) is 4.96. The van der Waals surface area contributed by atoms with Gasteiger partial charge in [-0.05, 0) is 33.1 Å². The lowest BCUT2D eigenvalue weighted by molar-refractivity contribution is 0.410. The summed E-state index contributed by atoms with van der Waals surface area (Å²) < 4.78 is 1.72. The lowest BCUT2D eigenvalue weighted by atomic mass is 10.0. The molecule has 1 N–H and O–H groups in total. The first-order valence-electron chi connectivity index (χ1n) is 6.55. The van der Waals surface area contributed by atoms with Crippen molar-refractivity contribution < 1.29 is 5.11 Å². The van der Waals surface area contributed by atoms with Crippen LogP contribution in [-0.2, 0) is 13.0 Å². The molecule has 0 aromatic carbocycles. The highest BCUT2D eigenvalue weighted by Crippen LogP contribution is 2.26. The topological polar surface area (TPSA) is 55.1 Å². The van der Waals surface area contributed by atoms with Crippen molar-refractivity contribution in [2.75, 3.05) is 0 Å². The Morgan fingerprint density at radius 2 is 2.22 bits per heavy atom. The number of hydrogen-bond acceptors (Lipinski definition) is 3. The molecule has 0 aliphatic carbocycles. The molecule has 4 nitrogen and oxygen atoms in total. The van der Waals surface area contributed by atoms with Crippen LogP contribution in [0.1, 0.15) is 50.2 Å². The Kier molecular flexibility index (Phi) is 3.55. The predicted octanol–water partition coefficient (Wildman–Crippen LogP) is 2.59. The average Bonchev–Trinajstić information content (AvgIpc) is 2.33. The smallest absolute Gasteiger partial charge is 0.257 e. The van der Waals surface area contributed by atoms with E-state index in [1.54, 1.807) is 11.5 Å². The maximum Gasteiger partial charge on any atom is 0.257 e. The molecule has 0 unspecified atom stereocenters. The highest BCUT2D eigenvalue weighted by Gasteiger charge is 2.21. The van der Waals surface area contributed by atoms with Crippen LogP contribution in [0, 0.1) is 6.92 Å². The van der Waals surface area contributed by atoms with E-state index in [2.05, 4.69) is 11.9 Å². The Hall–Kier alpha value is -1.58. The first-order valence-corrected chi connectivity index (χ1v) is 6.55. The predicted molar refractivity (Wildman–Crippen MR) is 71.7 cm³/mol. The molecular formula is C14H20N2O2. The van der Waals surface area contributed by atoms with Gasteiger partial charge in [-0.15, -0.1) is 0 Å². The minimum absolute atomic E-state index is 0.0674. The molecule has 1 aromatic rings. The third kappa shape index (κ3) is 2.07. The summed E-state index contributed by atoms with van der Waals surface area (Å²) in [5.74, 6) is 0.932. The van der Waals surface area contributed by atoms with Crippen LogP contribution in [-0.4, -0.2) is 14.7 Å². The van der Waals surface area contributed by atoms with Crippen LogP contribution in [0.5, 0.6) is 0 Å². The Morgan fingerprint density at radius 1 is 1.50 bits per heavy atom. The van der Waals surface area contributed by atoms with Gasteiger partial charge < -0.3 is 5.11 Å². The third-order valence-electron chi connectivity index (χ3n) is 3.48. The molecule has 0 radical (unpaired) electrons. The normalized spacial score (nSPS) is 17.5. The van der Waals surface area contributed by atoms with Gasteiger partial charge in [0.2, 0.25) is 0 Å². The van der Waals surface area contributed by atoms with E-state index in [0.717, 1.165) is 42.5 Å². The maximum atomic E-state index is 12.4. The molecule has 2 rings (SSSR count). The largest absolute Gasteiger partial charge is 0.512 e. The van der Waals surface area contributed by atoms with E-state index in [1.807, 2.05) is 6.92 Å². The first kappa shape index (κ1) is 12.9. The number of allylic oxidation sites excluding steroid dienone is 2. The van der Waals surface area contributed by atoms with Crippen LogP contribution in [0.3, 0.4) is 0 Å². The first-order chi connectivity index (χ1) is 8.56. The van der Waals surface area contributed by atoms with E-state index >= 15 is 0 Å². The molecule has 0 saturated heterocycles. The summed E-state index contributed by atoms with van der Waals surface area (Å²) >= 11 is 0. The van der Waals surface area contributed by atoms with Gasteiger partial charge in [-0.25, -0.2) is 4.98 Å². The quantitative estimate of drug-likeness (QED) is 0.818. The van der Waals surface area contributed by atoms with E-state index < -0.39 is 0 Å². The molecule has 1 aliphatic rings. The van der Waals surface area contributed by atoms with Crippen LogP contribution in [0.25, 0.3) is 5.57 Å². The lowest BCUT2D eigenvalue weighted by Crippen LogP contribution is -2.31. The molecule has 18 heavy (non-hydrogen) atoms. The summed E-state index contributed by atoms with van der Waals surface area (Å²) in [6.07, 6.45) is 3.39. The fourth-order valence-corrected chi connectivity index (χ4v) is 2.54. The summed E-state index contributed by atoms with van der Waals surface area (Å²) in [6, 6.07) is 0. The lowest BCUT2D eigenvalue weighted by Gasteiger charge is -2.22. The van der Waals surface area contributed by atoms with E-state index in [0.29, 0.717) is 12.4 Å². The van der Waals surface area contributed by atoms with Gasteiger partial charge in [-0.1, -0.05) is 13.3 Å². The molecular weight excluding hydrogens is 228 g/mol. The number of fused-ring (bicyclic) bond motifs is 1. The van der Waals surface area contributed by atoms with E-state index in [4.69, 9.17) is 0 Å². The number of aliphatic hydroxyl groups excluding tert-OH is 1. The van der Waals surface area contributed by atoms with Gasteiger partial charge in [0.15, 0.2) is 0 Å². The number of aromatic nitrogens is 2. The Bertz CT molecular complexity index is 552. The fourth-order valence-electron chi connectivity index (χ4n) is 2.54. The van der Waals surface area contributed by atoms with Crippen LogP contribution in [0.2, 0.25) is 0 Å². The second-order valence-corrected chi connectivity index (χ2v) is 4.87. The molecule has 0 atom stereocenters. The van der Waals surface area contributed by atoms with E-state index in [-0.39, 0.29) is 11.3 Å². The Labute approximate surface area is 107 Å². The zero-order valence-electron chi connectivity index (χ0n) is 11.3. The summed E-state index contributed by atoms with van der Waals surface area (Å²) in [4.78, 5) is 17.0. The number of rotatable bonds is 2. The molecule has 2 heterocycles. The zero-order chi connectivity index (χ0) is 13.3. The number of aryl methyl sites for hydroxylation is 1. The highest BCUT2D eigenvalue weighted by molar-refractivity contribution is 5.62. The highest BCUT2D eigenvalue weighted by atomic mass is 16.3. The van der Waals surface area contributed by atoms with Gasteiger partial charge in [0.25, 0.3) is 5.56 Å². The average molecular weight is 248 g/mol. The monoisotopic (exact) mass is 248 g/mol. The van der Waals surface area contributed by atoms with Crippen molar-refractivity contribution in [2.24, 2.45) is 0 Å². The number of aliphatic hydroxyl groups is 1. The van der Waals surface area contributed by atoms with Crippen LogP contribution >= 0.6 is 0 Å². The summed E-state index contributed by atoms with van der Waals surface area (Å²) in [5.41, 5.74) is 2.49. The number of nitrogens with zero attached hydrogens (tertiary/aromatic N) is 2. The van der Waals surface area contributed by atoms with Gasteiger partial charge in [-0.3, -0.25) is 9.36 Å².